The smallest absolute Gasteiger partial charge is 0.149 e. The molecule has 108 valence electrons. The first-order valence-electron chi connectivity index (χ1n) is 6.42. The Kier molecular flexibility index (Phi) is 5.50. The molecule has 0 saturated carbocycles. The molecule has 1 atom stereocenters. The number of sulfone groups is 1. The number of hydrogen-bond acceptors (Lipinski definition) is 3. The molecule has 0 heterocycles. The summed E-state index contributed by atoms with van der Waals surface area (Å²) in [5.41, 5.74) is 1.92. The minimum Gasteiger partial charge on any atom is -0.309 e. The predicted molar refractivity (Wildman–Crippen MR) is 76.6 cm³/mol. The molecule has 0 radical (unpaired) electrons. The van der Waals surface area contributed by atoms with Crippen molar-refractivity contribution in [3.8, 4) is 0 Å². The molecular weight excluding hydrogens is 265 g/mol. The van der Waals surface area contributed by atoms with Crippen LogP contribution in [0.15, 0.2) is 12.1 Å². The zero-order valence-corrected chi connectivity index (χ0v) is 12.8. The van der Waals surface area contributed by atoms with Crippen LogP contribution >= 0.6 is 0 Å². The van der Waals surface area contributed by atoms with Gasteiger partial charge < -0.3 is 5.32 Å². The van der Waals surface area contributed by atoms with E-state index in [1.54, 1.807) is 26.0 Å². The highest BCUT2D eigenvalue weighted by Gasteiger charge is 2.18. The van der Waals surface area contributed by atoms with Crippen molar-refractivity contribution in [2.45, 2.75) is 33.2 Å². The van der Waals surface area contributed by atoms with Crippen LogP contribution in [0.1, 0.15) is 36.1 Å². The molecule has 0 aromatic heterocycles. The van der Waals surface area contributed by atoms with Crippen molar-refractivity contribution in [3.05, 3.63) is 34.6 Å². The summed E-state index contributed by atoms with van der Waals surface area (Å²) in [7, 11) is -3.09. The number of hydrogen-bond donors (Lipinski definition) is 1. The van der Waals surface area contributed by atoms with E-state index < -0.39 is 9.84 Å². The molecule has 0 bridgehead atoms. The van der Waals surface area contributed by atoms with Crippen LogP contribution in [0.25, 0.3) is 0 Å². The summed E-state index contributed by atoms with van der Waals surface area (Å²) in [4.78, 5) is 0. The molecule has 1 aromatic carbocycles. The van der Waals surface area contributed by atoms with Crippen molar-refractivity contribution >= 4 is 9.84 Å². The molecule has 0 fully saturated rings. The van der Waals surface area contributed by atoms with Gasteiger partial charge in [-0.2, -0.15) is 0 Å². The number of aryl methyl sites for hydroxylation is 2. The molecule has 19 heavy (non-hydrogen) atoms. The highest BCUT2D eigenvalue weighted by Crippen LogP contribution is 2.21. The minimum absolute atomic E-state index is 0.0253. The second kappa shape index (κ2) is 6.48. The molecule has 0 aliphatic rings. The molecule has 1 N–H and O–H groups in total. The van der Waals surface area contributed by atoms with Gasteiger partial charge in [0.15, 0.2) is 0 Å². The third-order valence-electron chi connectivity index (χ3n) is 2.97. The summed E-state index contributed by atoms with van der Waals surface area (Å²) in [6, 6.07) is 3.16. The van der Waals surface area contributed by atoms with Crippen LogP contribution in [0, 0.1) is 19.7 Å². The average molecular weight is 287 g/mol. The lowest BCUT2D eigenvalue weighted by Crippen LogP contribution is -2.28. The molecule has 0 spiro atoms. The van der Waals surface area contributed by atoms with Crippen molar-refractivity contribution < 1.29 is 12.8 Å². The number of benzene rings is 1. The number of rotatable bonds is 6. The minimum atomic E-state index is -3.09. The van der Waals surface area contributed by atoms with Gasteiger partial charge in [0, 0.05) is 12.3 Å². The van der Waals surface area contributed by atoms with Gasteiger partial charge in [-0.3, -0.25) is 0 Å². The lowest BCUT2D eigenvalue weighted by Gasteiger charge is -2.19. The maximum atomic E-state index is 13.6. The van der Waals surface area contributed by atoms with Crippen molar-refractivity contribution in [2.24, 2.45) is 0 Å². The summed E-state index contributed by atoms with van der Waals surface area (Å²) < 4.78 is 36.6. The van der Waals surface area contributed by atoms with E-state index in [2.05, 4.69) is 5.32 Å². The Morgan fingerprint density at radius 3 is 2.21 bits per heavy atom. The zero-order chi connectivity index (χ0) is 14.6. The van der Waals surface area contributed by atoms with E-state index >= 15 is 0 Å². The molecule has 0 aliphatic carbocycles. The highest BCUT2D eigenvalue weighted by molar-refractivity contribution is 7.90. The van der Waals surface area contributed by atoms with Crippen LogP contribution in [-0.4, -0.2) is 27.0 Å². The second-order valence-electron chi connectivity index (χ2n) is 5.07. The molecule has 1 aromatic rings. The predicted octanol–water partition coefficient (Wildman–Crippen LogP) is 2.53. The van der Waals surface area contributed by atoms with E-state index in [9.17, 15) is 12.8 Å². The fourth-order valence-corrected chi connectivity index (χ4v) is 2.99. The first-order chi connectivity index (χ1) is 8.74. The van der Waals surface area contributed by atoms with Crippen LogP contribution in [-0.2, 0) is 9.84 Å². The quantitative estimate of drug-likeness (QED) is 0.874. The van der Waals surface area contributed by atoms with E-state index in [1.165, 1.54) is 6.26 Å². The Morgan fingerprint density at radius 2 is 1.79 bits per heavy atom. The topological polar surface area (TPSA) is 46.2 Å². The van der Waals surface area contributed by atoms with E-state index in [1.807, 2.05) is 6.92 Å². The van der Waals surface area contributed by atoms with Gasteiger partial charge in [0.1, 0.15) is 15.7 Å². The van der Waals surface area contributed by atoms with Crippen LogP contribution in [0.2, 0.25) is 0 Å². The molecule has 0 aliphatic heterocycles. The Labute approximate surface area is 115 Å². The van der Waals surface area contributed by atoms with Gasteiger partial charge in [0.25, 0.3) is 0 Å². The SMILES string of the molecule is CCCNC(CS(C)(=O)=O)c1cc(C)c(F)c(C)c1. The zero-order valence-electron chi connectivity index (χ0n) is 12.0. The first-order valence-corrected chi connectivity index (χ1v) is 8.48. The normalized spacial score (nSPS) is 13.5. The van der Waals surface area contributed by atoms with Crippen LogP contribution in [0.5, 0.6) is 0 Å². The Morgan fingerprint density at radius 1 is 1.26 bits per heavy atom. The van der Waals surface area contributed by atoms with Crippen LogP contribution in [0.3, 0.4) is 0 Å². The van der Waals surface area contributed by atoms with Gasteiger partial charge in [0.05, 0.1) is 5.75 Å². The highest BCUT2D eigenvalue weighted by atomic mass is 32.2. The van der Waals surface area contributed by atoms with Crippen molar-refractivity contribution in [1.82, 2.24) is 5.32 Å². The van der Waals surface area contributed by atoms with Crippen LogP contribution < -0.4 is 5.32 Å². The number of nitrogens with one attached hydrogen (secondary N) is 1. The van der Waals surface area contributed by atoms with Crippen molar-refractivity contribution in [2.75, 3.05) is 18.6 Å². The molecule has 3 nitrogen and oxygen atoms in total. The first kappa shape index (κ1) is 16.1. The molecular formula is C14H22FNO2S. The summed E-state index contributed by atoms with van der Waals surface area (Å²) in [5.74, 6) is -0.199. The second-order valence-corrected chi connectivity index (χ2v) is 7.25. The molecule has 1 unspecified atom stereocenters. The molecule has 1 rings (SSSR count). The lowest BCUT2D eigenvalue weighted by molar-refractivity contribution is 0.546. The molecule has 0 saturated heterocycles. The van der Waals surface area contributed by atoms with Crippen molar-refractivity contribution in [3.63, 3.8) is 0 Å². The monoisotopic (exact) mass is 287 g/mol. The largest absolute Gasteiger partial charge is 0.309 e. The maximum Gasteiger partial charge on any atom is 0.149 e. The fraction of sp³-hybridized carbons (Fsp3) is 0.571. The lowest BCUT2D eigenvalue weighted by atomic mass is 10.0. The third kappa shape index (κ3) is 4.91. The van der Waals surface area contributed by atoms with Gasteiger partial charge in [0.2, 0.25) is 0 Å². The van der Waals surface area contributed by atoms with E-state index in [-0.39, 0.29) is 17.6 Å². The van der Waals surface area contributed by atoms with Gasteiger partial charge >= 0.3 is 0 Å². The van der Waals surface area contributed by atoms with Crippen LogP contribution in [0.4, 0.5) is 4.39 Å². The van der Waals surface area contributed by atoms with Gasteiger partial charge in [-0.05, 0) is 43.5 Å². The average Bonchev–Trinajstić information content (AvgIpc) is 2.29. The Balaban J connectivity index is 3.09. The standard InChI is InChI=1S/C14H22FNO2S/c1-5-6-16-13(9-19(4,17)18)12-7-10(2)14(15)11(3)8-12/h7-8,13,16H,5-6,9H2,1-4H3. The third-order valence-corrected chi connectivity index (χ3v) is 3.91. The van der Waals surface area contributed by atoms with Gasteiger partial charge in [-0.15, -0.1) is 0 Å². The molecule has 0 amide bonds. The van der Waals surface area contributed by atoms with E-state index in [0.717, 1.165) is 18.5 Å². The Hall–Kier alpha value is -0.940. The molecule has 5 heteroatoms. The Bertz CT molecular complexity index is 517. The summed E-state index contributed by atoms with van der Waals surface area (Å²) in [6.45, 7) is 6.15. The number of halogens is 1. The summed E-state index contributed by atoms with van der Waals surface area (Å²) >= 11 is 0. The summed E-state index contributed by atoms with van der Waals surface area (Å²) in [5, 5.41) is 3.21. The van der Waals surface area contributed by atoms with E-state index in [0.29, 0.717) is 11.1 Å². The fourth-order valence-electron chi connectivity index (χ4n) is 2.07. The summed E-state index contributed by atoms with van der Waals surface area (Å²) in [6.07, 6.45) is 2.14. The maximum absolute atomic E-state index is 13.6. The van der Waals surface area contributed by atoms with E-state index in [4.69, 9.17) is 0 Å². The van der Waals surface area contributed by atoms with Crippen molar-refractivity contribution in [1.29, 1.82) is 0 Å². The van der Waals surface area contributed by atoms with Gasteiger partial charge in [-0.25, -0.2) is 12.8 Å². The van der Waals surface area contributed by atoms with Gasteiger partial charge in [-0.1, -0.05) is 19.1 Å².